The van der Waals surface area contributed by atoms with Crippen LogP contribution in [0.15, 0.2) is 30.5 Å². The van der Waals surface area contributed by atoms with Gasteiger partial charge in [0.2, 0.25) is 0 Å². The van der Waals surface area contributed by atoms with Crippen molar-refractivity contribution < 1.29 is 17.5 Å². The Hall–Kier alpha value is -2.49. The molecule has 0 aliphatic heterocycles. The Balaban J connectivity index is 1.76. The average molecular weight is 340 g/mol. The topological polar surface area (TPSA) is 117 Å². The number of non-ortho nitro benzene ring substituents is 1. The van der Waals surface area contributed by atoms with E-state index in [1.807, 2.05) is 0 Å². The molecule has 0 saturated carbocycles. The Bertz CT molecular complexity index is 770. The van der Waals surface area contributed by atoms with Gasteiger partial charge in [-0.05, 0) is 24.8 Å². The monoisotopic (exact) mass is 340 g/mol. The second kappa shape index (κ2) is 7.18. The molecular formula is C13H16N4O5S. The van der Waals surface area contributed by atoms with E-state index < -0.39 is 15.0 Å². The number of unbranched alkanes of at least 4 members (excludes halogenated alkanes) is 1. The van der Waals surface area contributed by atoms with Crippen LogP contribution < -0.4 is 4.18 Å². The SMILES string of the molecule is CS(=O)(=O)Oc1cn(CCCCc2ccc([N+](=O)[O-])cc2)nn1. The van der Waals surface area contributed by atoms with E-state index in [0.29, 0.717) is 6.54 Å². The van der Waals surface area contributed by atoms with Crippen molar-refractivity contribution in [2.45, 2.75) is 25.8 Å². The number of nitro groups is 1. The van der Waals surface area contributed by atoms with Gasteiger partial charge in [0.1, 0.15) is 0 Å². The summed E-state index contributed by atoms with van der Waals surface area (Å²) in [6.07, 6.45) is 4.82. The number of nitrogens with zero attached hydrogens (tertiary/aromatic N) is 4. The second-order valence-electron chi connectivity index (χ2n) is 4.99. The van der Waals surface area contributed by atoms with Gasteiger partial charge in [0.25, 0.3) is 11.6 Å². The molecule has 0 unspecified atom stereocenters. The molecule has 0 N–H and O–H groups in total. The predicted molar refractivity (Wildman–Crippen MR) is 81.5 cm³/mol. The van der Waals surface area contributed by atoms with Gasteiger partial charge < -0.3 is 4.18 Å². The number of aryl methyl sites for hydroxylation is 2. The summed E-state index contributed by atoms with van der Waals surface area (Å²) in [6, 6.07) is 6.46. The fourth-order valence-electron chi connectivity index (χ4n) is 1.97. The molecule has 0 aliphatic rings. The first kappa shape index (κ1) is 16.9. The summed E-state index contributed by atoms with van der Waals surface area (Å²) in [5.74, 6) is -0.0529. The zero-order chi connectivity index (χ0) is 16.9. The summed E-state index contributed by atoms with van der Waals surface area (Å²) < 4.78 is 28.0. The minimum atomic E-state index is -3.60. The number of hydrogen-bond acceptors (Lipinski definition) is 7. The van der Waals surface area contributed by atoms with Gasteiger partial charge in [0, 0.05) is 18.7 Å². The fourth-order valence-corrected chi connectivity index (χ4v) is 2.36. The maximum Gasteiger partial charge on any atom is 0.307 e. The third kappa shape index (κ3) is 5.66. The van der Waals surface area contributed by atoms with Crippen LogP contribution in [0.3, 0.4) is 0 Å². The second-order valence-corrected chi connectivity index (χ2v) is 6.56. The first-order valence-electron chi connectivity index (χ1n) is 6.86. The van der Waals surface area contributed by atoms with E-state index in [0.717, 1.165) is 31.1 Å². The Labute approximate surface area is 133 Å². The van der Waals surface area contributed by atoms with Gasteiger partial charge in [-0.1, -0.05) is 22.4 Å². The standard InChI is InChI=1S/C13H16N4O5S/c1-23(20,21)22-13-10-16(15-14-13)9-3-2-4-11-5-7-12(8-6-11)17(18)19/h5-8,10H,2-4,9H2,1H3. The van der Waals surface area contributed by atoms with Crippen LogP contribution in [0.1, 0.15) is 18.4 Å². The number of nitro benzene ring substituents is 1. The zero-order valence-corrected chi connectivity index (χ0v) is 13.3. The molecule has 0 fully saturated rings. The lowest BCUT2D eigenvalue weighted by Crippen LogP contribution is -2.05. The molecule has 124 valence electrons. The number of aromatic nitrogens is 3. The summed E-state index contributed by atoms with van der Waals surface area (Å²) >= 11 is 0. The van der Waals surface area contributed by atoms with E-state index in [4.69, 9.17) is 0 Å². The van der Waals surface area contributed by atoms with Gasteiger partial charge >= 0.3 is 10.1 Å². The molecule has 0 saturated heterocycles. The molecule has 2 aromatic rings. The van der Waals surface area contributed by atoms with Crippen molar-refractivity contribution in [3.05, 3.63) is 46.1 Å². The number of hydrogen-bond donors (Lipinski definition) is 0. The zero-order valence-electron chi connectivity index (χ0n) is 12.5. The third-order valence-corrected chi connectivity index (χ3v) is 3.48. The summed E-state index contributed by atoms with van der Waals surface area (Å²) in [5.41, 5.74) is 1.10. The highest BCUT2D eigenvalue weighted by Crippen LogP contribution is 2.14. The summed E-state index contributed by atoms with van der Waals surface area (Å²) in [5, 5.41) is 18.0. The van der Waals surface area contributed by atoms with Gasteiger partial charge in [-0.3, -0.25) is 10.1 Å². The normalized spacial score (nSPS) is 11.3. The fraction of sp³-hybridized carbons (Fsp3) is 0.385. The largest absolute Gasteiger partial charge is 0.358 e. The van der Waals surface area contributed by atoms with Crippen LogP contribution in [0, 0.1) is 10.1 Å². The van der Waals surface area contributed by atoms with Crippen molar-refractivity contribution >= 4 is 15.8 Å². The molecule has 23 heavy (non-hydrogen) atoms. The van der Waals surface area contributed by atoms with E-state index in [1.54, 1.807) is 12.1 Å². The highest BCUT2D eigenvalue weighted by atomic mass is 32.2. The lowest BCUT2D eigenvalue weighted by Gasteiger charge is -2.02. The lowest BCUT2D eigenvalue weighted by atomic mass is 10.1. The molecule has 0 bridgehead atoms. The van der Waals surface area contributed by atoms with Crippen LogP contribution in [0.2, 0.25) is 0 Å². The van der Waals surface area contributed by atoms with Crippen LogP contribution in [0.5, 0.6) is 5.88 Å². The third-order valence-electron chi connectivity index (χ3n) is 3.00. The Kier molecular flexibility index (Phi) is 5.27. The van der Waals surface area contributed by atoms with E-state index in [-0.39, 0.29) is 11.6 Å². The molecule has 10 heteroatoms. The average Bonchev–Trinajstić information content (AvgIpc) is 2.89. The molecule has 1 heterocycles. The summed E-state index contributed by atoms with van der Waals surface area (Å²) in [4.78, 5) is 10.1. The summed E-state index contributed by atoms with van der Waals surface area (Å²) in [7, 11) is -3.60. The molecular weight excluding hydrogens is 324 g/mol. The van der Waals surface area contributed by atoms with Crippen LogP contribution in [-0.2, 0) is 23.1 Å². The van der Waals surface area contributed by atoms with Crippen molar-refractivity contribution in [3.8, 4) is 5.88 Å². The Morgan fingerprint density at radius 2 is 1.96 bits per heavy atom. The van der Waals surface area contributed by atoms with Crippen molar-refractivity contribution in [2.24, 2.45) is 0 Å². The molecule has 0 aliphatic carbocycles. The van der Waals surface area contributed by atoms with Crippen LogP contribution in [-0.4, -0.2) is 34.6 Å². The maximum absolute atomic E-state index is 11.0. The van der Waals surface area contributed by atoms with Crippen molar-refractivity contribution in [1.82, 2.24) is 15.0 Å². The van der Waals surface area contributed by atoms with E-state index in [1.165, 1.54) is 23.0 Å². The highest BCUT2D eigenvalue weighted by molar-refractivity contribution is 7.86. The van der Waals surface area contributed by atoms with E-state index in [2.05, 4.69) is 14.5 Å². The van der Waals surface area contributed by atoms with Gasteiger partial charge in [-0.15, -0.1) is 0 Å². The van der Waals surface area contributed by atoms with Crippen molar-refractivity contribution in [3.63, 3.8) is 0 Å². The smallest absolute Gasteiger partial charge is 0.307 e. The predicted octanol–water partition coefficient (Wildman–Crippen LogP) is 1.55. The van der Waals surface area contributed by atoms with Crippen molar-refractivity contribution in [2.75, 3.05) is 6.26 Å². The quantitative estimate of drug-likeness (QED) is 0.309. The molecule has 1 aromatic heterocycles. The highest BCUT2D eigenvalue weighted by Gasteiger charge is 2.08. The van der Waals surface area contributed by atoms with Gasteiger partial charge in [-0.2, -0.15) is 8.42 Å². The molecule has 0 radical (unpaired) electrons. The van der Waals surface area contributed by atoms with E-state index >= 15 is 0 Å². The minimum absolute atomic E-state index is 0.0529. The molecule has 0 amide bonds. The summed E-state index contributed by atoms with van der Waals surface area (Å²) in [6.45, 7) is 0.576. The number of rotatable bonds is 8. The Morgan fingerprint density at radius 3 is 2.57 bits per heavy atom. The first-order chi connectivity index (χ1) is 10.8. The van der Waals surface area contributed by atoms with Crippen molar-refractivity contribution in [1.29, 1.82) is 0 Å². The van der Waals surface area contributed by atoms with Crippen LogP contribution in [0.25, 0.3) is 0 Å². The van der Waals surface area contributed by atoms with Crippen LogP contribution in [0.4, 0.5) is 5.69 Å². The number of benzene rings is 1. The van der Waals surface area contributed by atoms with Crippen LogP contribution >= 0.6 is 0 Å². The molecule has 0 spiro atoms. The van der Waals surface area contributed by atoms with Gasteiger partial charge in [0.05, 0.1) is 17.4 Å². The molecule has 9 nitrogen and oxygen atoms in total. The maximum atomic E-state index is 11.0. The first-order valence-corrected chi connectivity index (χ1v) is 8.68. The molecule has 1 aromatic carbocycles. The van der Waals surface area contributed by atoms with E-state index in [9.17, 15) is 18.5 Å². The Morgan fingerprint density at radius 1 is 1.26 bits per heavy atom. The molecule has 2 rings (SSSR count). The van der Waals surface area contributed by atoms with Gasteiger partial charge in [-0.25, -0.2) is 4.68 Å². The minimum Gasteiger partial charge on any atom is -0.358 e. The lowest BCUT2D eigenvalue weighted by molar-refractivity contribution is -0.384. The molecule has 0 atom stereocenters. The van der Waals surface area contributed by atoms with Gasteiger partial charge in [0.15, 0.2) is 0 Å².